The van der Waals surface area contributed by atoms with Crippen LogP contribution in [0.1, 0.15) is 192 Å². The molecular weight excluding hydrogens is 845 g/mol. The van der Waals surface area contributed by atoms with Gasteiger partial charge in [-0.3, -0.25) is 0 Å². The van der Waals surface area contributed by atoms with Gasteiger partial charge in [0, 0.05) is 38.1 Å². The monoisotopic (exact) mass is 919 g/mol. The van der Waals surface area contributed by atoms with Crippen molar-refractivity contribution in [3.05, 3.63) is 134 Å². The summed E-state index contributed by atoms with van der Waals surface area (Å²) in [4.78, 5) is 0. The van der Waals surface area contributed by atoms with Crippen molar-refractivity contribution in [3.8, 4) is 6.07 Å². The van der Waals surface area contributed by atoms with E-state index >= 15 is 0 Å². The fraction of sp³-hybridized carbons (Fsp3) is 0.544. The molecule has 0 saturated heterocycles. The number of allylic oxidation sites excluding steroid dienone is 12. The van der Waals surface area contributed by atoms with Crippen LogP contribution in [-0.2, 0) is 45.6 Å². The predicted octanol–water partition coefficient (Wildman–Crippen LogP) is 17.9. The van der Waals surface area contributed by atoms with E-state index in [0.29, 0.717) is 24.0 Å². The molecule has 2 aromatic rings. The molecule has 0 aliphatic heterocycles. The smallest absolute Gasteiger partial charge is 0.317 e. The van der Waals surface area contributed by atoms with Crippen LogP contribution < -0.4 is 0 Å². The minimum absolute atomic E-state index is 0. The van der Waals surface area contributed by atoms with Crippen LogP contribution in [-0.4, -0.2) is 6.18 Å². The van der Waals surface area contributed by atoms with Crippen LogP contribution in [0.3, 0.4) is 0 Å². The number of hydrogen-bond acceptors (Lipinski definition) is 1. The van der Waals surface area contributed by atoms with Crippen molar-refractivity contribution in [3.63, 3.8) is 0 Å². The molecule has 0 saturated carbocycles. The number of aryl methyl sites for hydroxylation is 2. The summed E-state index contributed by atoms with van der Waals surface area (Å²) in [5.74, 6) is 2.43. The molecule has 0 spiro atoms. The van der Waals surface area contributed by atoms with Gasteiger partial charge in [-0.25, -0.2) is 0 Å². The largest absolute Gasteiger partial charge is 0.417 e. The number of nitrogens with zero attached hydrogens (tertiary/aromatic N) is 1. The Labute approximate surface area is 400 Å². The Bertz CT molecular complexity index is 1970. The van der Waals surface area contributed by atoms with E-state index in [1.165, 1.54) is 92.9 Å². The zero-order valence-electron chi connectivity index (χ0n) is 39.2. The second kappa shape index (κ2) is 25.7. The van der Waals surface area contributed by atoms with Crippen molar-refractivity contribution < 1.29 is 45.9 Å². The minimum atomic E-state index is -4.33. The molecule has 0 unspecified atom stereocenters. The Hall–Kier alpha value is -2.74. The Balaban J connectivity index is 0.000000272. The zero-order chi connectivity index (χ0) is 43.8. The second-order valence-corrected chi connectivity index (χ2v) is 19.3. The number of hydrogen-bond donors (Lipinski definition) is 0. The van der Waals surface area contributed by atoms with Crippen LogP contribution in [0.2, 0.25) is 0 Å². The fourth-order valence-electron chi connectivity index (χ4n) is 9.96. The van der Waals surface area contributed by atoms with Gasteiger partial charge in [-0.15, -0.1) is 0 Å². The number of halogens is 3. The predicted molar refractivity (Wildman–Crippen MR) is 254 cm³/mol. The number of unbranched alkanes of at least 4 members (excludes halogenated alkanes) is 7. The zero-order valence-corrected chi connectivity index (χ0v) is 42.1. The van der Waals surface area contributed by atoms with Crippen LogP contribution in [0.25, 0.3) is 11.1 Å². The van der Waals surface area contributed by atoms with E-state index in [0.717, 1.165) is 91.6 Å². The molecule has 1 radical (unpaired) electrons. The molecule has 5 heteroatoms. The average Bonchev–Trinajstić information content (AvgIpc) is 3.40. The maximum atomic E-state index is 14.5. The van der Waals surface area contributed by atoms with Crippen LogP contribution in [0.5, 0.6) is 0 Å². The summed E-state index contributed by atoms with van der Waals surface area (Å²) < 4.78 is 43.4. The maximum absolute atomic E-state index is 14.5. The van der Waals surface area contributed by atoms with E-state index in [9.17, 15) is 18.4 Å². The SMILES string of the molecule is CC(C)CCCCCCCc1ccc(C2=C(C#N)c3ccccc3CC2)cc1.CCC[C-](C)CCCCCCC1=CC(C)(C)C=C1C1=C(C(F)(F)F)C2=CCCC=C2CCC1.[Y]. The molecule has 4 aliphatic carbocycles. The van der Waals surface area contributed by atoms with Gasteiger partial charge in [0.25, 0.3) is 0 Å². The van der Waals surface area contributed by atoms with Gasteiger partial charge in [-0.2, -0.15) is 38.2 Å². The quantitative estimate of drug-likeness (QED) is 0.102. The third-order valence-corrected chi connectivity index (χ3v) is 13.1. The summed E-state index contributed by atoms with van der Waals surface area (Å²) >= 11 is 0. The Morgan fingerprint density at radius 2 is 1.42 bits per heavy atom. The standard InChI is InChI=1S/C30H42F3.C27H33N.Y/c1-5-13-22(2)14-8-6-7-9-16-24-20-29(3,4)21-27(24)26-19-12-17-23-15-10-11-18-25(23)28(26)30(31,32)33;1-21(2)10-6-4-3-5-7-11-22-14-16-24(17-15-22)26-19-18-23-12-8-9-13-25(23)27(26)20-28;/h15,18,20-21H,5-14,16-17,19H2,1-4H3;8-9,12-17,21H,3-7,10-11,18-19H2,1-2H3;/q-1;;. The van der Waals surface area contributed by atoms with Crippen molar-refractivity contribution in [2.45, 2.75) is 189 Å². The molecule has 0 fully saturated rings. The molecule has 0 aromatic heterocycles. The van der Waals surface area contributed by atoms with E-state index in [1.807, 2.05) is 18.2 Å². The molecule has 333 valence electrons. The van der Waals surface area contributed by atoms with Gasteiger partial charge in [-0.1, -0.05) is 165 Å². The maximum Gasteiger partial charge on any atom is 0.417 e. The van der Waals surface area contributed by atoms with Crippen molar-refractivity contribution in [1.29, 1.82) is 5.26 Å². The molecule has 0 atom stereocenters. The van der Waals surface area contributed by atoms with Gasteiger partial charge in [0.1, 0.15) is 6.07 Å². The Morgan fingerprint density at radius 1 is 0.742 bits per heavy atom. The molecule has 4 aliphatic rings. The van der Waals surface area contributed by atoms with Gasteiger partial charge in [0.05, 0.1) is 11.1 Å². The third kappa shape index (κ3) is 15.5. The molecular formula is C57H75F3NY-. The van der Waals surface area contributed by atoms with Crippen LogP contribution >= 0.6 is 0 Å². The number of fused-ring (bicyclic) bond motifs is 2. The molecule has 0 N–H and O–H groups in total. The van der Waals surface area contributed by atoms with Gasteiger partial charge in [0.15, 0.2) is 0 Å². The second-order valence-electron chi connectivity index (χ2n) is 19.3. The summed E-state index contributed by atoms with van der Waals surface area (Å²) in [6.07, 6.45) is 27.9. The van der Waals surface area contributed by atoms with E-state index in [1.54, 1.807) is 5.92 Å². The van der Waals surface area contributed by atoms with E-state index in [4.69, 9.17) is 0 Å². The normalized spacial score (nSPS) is 17.2. The van der Waals surface area contributed by atoms with E-state index in [-0.39, 0.29) is 43.7 Å². The van der Waals surface area contributed by atoms with Crippen LogP contribution in [0.15, 0.2) is 106 Å². The summed E-state index contributed by atoms with van der Waals surface area (Å²) in [6.45, 7) is 13.3. The first-order chi connectivity index (χ1) is 29.3. The molecule has 0 heterocycles. The number of alkyl halides is 3. The molecule has 2 aromatic carbocycles. The van der Waals surface area contributed by atoms with Crippen molar-refractivity contribution in [2.75, 3.05) is 0 Å². The number of rotatable bonds is 19. The first kappa shape index (κ1) is 51.9. The van der Waals surface area contributed by atoms with Crippen LogP contribution in [0.4, 0.5) is 13.2 Å². The van der Waals surface area contributed by atoms with Crippen LogP contribution in [0, 0.1) is 28.6 Å². The molecule has 0 bridgehead atoms. The third-order valence-electron chi connectivity index (χ3n) is 13.1. The Kier molecular flexibility index (Phi) is 21.5. The van der Waals surface area contributed by atoms with Gasteiger partial charge < -0.3 is 5.92 Å². The molecule has 62 heavy (non-hydrogen) atoms. The van der Waals surface area contributed by atoms with Crippen molar-refractivity contribution >= 4 is 11.1 Å². The summed E-state index contributed by atoms with van der Waals surface area (Å²) in [7, 11) is 0. The fourth-order valence-corrected chi connectivity index (χ4v) is 9.96. The van der Waals surface area contributed by atoms with Gasteiger partial charge in [-0.05, 0) is 132 Å². The first-order valence-corrected chi connectivity index (χ1v) is 24.1. The summed E-state index contributed by atoms with van der Waals surface area (Å²) in [5, 5.41) is 9.75. The van der Waals surface area contributed by atoms with Gasteiger partial charge >= 0.3 is 6.18 Å². The van der Waals surface area contributed by atoms with Crippen molar-refractivity contribution in [1.82, 2.24) is 0 Å². The van der Waals surface area contributed by atoms with E-state index < -0.39 is 6.18 Å². The molecule has 6 rings (SSSR count). The topological polar surface area (TPSA) is 23.8 Å². The van der Waals surface area contributed by atoms with E-state index in [2.05, 4.69) is 102 Å². The Morgan fingerprint density at radius 3 is 2.13 bits per heavy atom. The minimum Gasteiger partial charge on any atom is -0.317 e. The molecule has 1 nitrogen and oxygen atoms in total. The summed E-state index contributed by atoms with van der Waals surface area (Å²) in [6, 6.07) is 19.8. The van der Waals surface area contributed by atoms with Crippen molar-refractivity contribution in [2.24, 2.45) is 11.3 Å². The first-order valence-electron chi connectivity index (χ1n) is 24.1. The number of benzene rings is 2. The van der Waals surface area contributed by atoms with Gasteiger partial charge in [0.2, 0.25) is 0 Å². The molecule has 0 amide bonds. The summed E-state index contributed by atoms with van der Waals surface area (Å²) in [5.41, 5.74) is 10.5. The number of nitriles is 1. The average molecular weight is 920 g/mol.